The first-order valence-electron chi connectivity index (χ1n) is 12.2. The molecule has 184 valence electrons. The van der Waals surface area contributed by atoms with E-state index in [-0.39, 0.29) is 23.5 Å². The fraction of sp³-hybridized carbons (Fsp3) is 0.207. The molecular formula is C29H26N6O2. The summed E-state index contributed by atoms with van der Waals surface area (Å²) in [6.45, 7) is 6.25. The van der Waals surface area contributed by atoms with Crippen LogP contribution in [0.3, 0.4) is 0 Å². The SMILES string of the molecule is CC(C)(C)c1cc(NC(=O)[C@@H]2CC(=O)c3cc(-n4cnc5cccnc54)ccc32)n(-c2ccccc2)n1. The molecule has 0 spiro atoms. The Morgan fingerprint density at radius 3 is 2.57 bits per heavy atom. The lowest BCUT2D eigenvalue weighted by atomic mass is 9.92. The smallest absolute Gasteiger partial charge is 0.233 e. The van der Waals surface area contributed by atoms with Crippen LogP contribution in [-0.2, 0) is 10.2 Å². The van der Waals surface area contributed by atoms with Crippen LogP contribution in [0, 0.1) is 0 Å². The van der Waals surface area contributed by atoms with Gasteiger partial charge in [-0.15, -0.1) is 0 Å². The second-order valence-corrected chi connectivity index (χ2v) is 10.3. The Hall–Kier alpha value is -4.59. The van der Waals surface area contributed by atoms with E-state index in [4.69, 9.17) is 5.10 Å². The molecule has 0 fully saturated rings. The molecule has 5 aromatic rings. The van der Waals surface area contributed by atoms with Crippen molar-refractivity contribution in [1.82, 2.24) is 24.3 Å². The first-order chi connectivity index (χ1) is 17.8. The van der Waals surface area contributed by atoms with Crippen molar-refractivity contribution in [3.63, 3.8) is 0 Å². The van der Waals surface area contributed by atoms with Crippen LogP contribution < -0.4 is 5.32 Å². The molecule has 0 saturated carbocycles. The molecule has 2 aromatic carbocycles. The molecule has 3 aromatic heterocycles. The number of anilines is 1. The second kappa shape index (κ2) is 8.51. The van der Waals surface area contributed by atoms with Crippen LogP contribution in [0.25, 0.3) is 22.5 Å². The maximum absolute atomic E-state index is 13.5. The Morgan fingerprint density at radius 2 is 1.78 bits per heavy atom. The Balaban J connectivity index is 1.33. The molecule has 0 radical (unpaired) electrons. The lowest BCUT2D eigenvalue weighted by Crippen LogP contribution is -2.21. The molecule has 1 aliphatic rings. The Morgan fingerprint density at radius 1 is 0.973 bits per heavy atom. The summed E-state index contributed by atoms with van der Waals surface area (Å²) >= 11 is 0. The average Bonchev–Trinajstić information content (AvgIpc) is 3.60. The number of para-hydroxylation sites is 1. The average molecular weight is 491 g/mol. The highest BCUT2D eigenvalue weighted by Gasteiger charge is 2.35. The number of fused-ring (bicyclic) bond motifs is 2. The maximum Gasteiger partial charge on any atom is 0.233 e. The third-order valence-electron chi connectivity index (χ3n) is 6.73. The van der Waals surface area contributed by atoms with Crippen LogP contribution in [0.1, 0.15) is 54.7 Å². The molecule has 0 aliphatic heterocycles. The van der Waals surface area contributed by atoms with Gasteiger partial charge in [0.2, 0.25) is 5.91 Å². The van der Waals surface area contributed by atoms with Crippen molar-refractivity contribution in [3.8, 4) is 11.4 Å². The number of Topliss-reactive ketones (excluding diaryl/α,β-unsaturated/α-hetero) is 1. The molecular weight excluding hydrogens is 464 g/mol. The van der Waals surface area contributed by atoms with Gasteiger partial charge in [0.05, 0.1) is 17.3 Å². The number of benzene rings is 2. The summed E-state index contributed by atoms with van der Waals surface area (Å²) in [5, 5.41) is 7.83. The van der Waals surface area contributed by atoms with Crippen LogP contribution >= 0.6 is 0 Å². The summed E-state index contributed by atoms with van der Waals surface area (Å²) in [6.07, 6.45) is 3.53. The first-order valence-corrected chi connectivity index (χ1v) is 12.2. The molecule has 1 aliphatic carbocycles. The highest BCUT2D eigenvalue weighted by atomic mass is 16.2. The summed E-state index contributed by atoms with van der Waals surface area (Å²) in [7, 11) is 0. The Kier molecular flexibility index (Phi) is 5.26. The molecule has 0 saturated heterocycles. The highest BCUT2D eigenvalue weighted by molar-refractivity contribution is 6.09. The fourth-order valence-corrected chi connectivity index (χ4v) is 4.73. The third-order valence-corrected chi connectivity index (χ3v) is 6.73. The van der Waals surface area contributed by atoms with Crippen LogP contribution in [-0.4, -0.2) is 36.0 Å². The summed E-state index contributed by atoms with van der Waals surface area (Å²) in [6, 6.07) is 20.9. The normalized spacial score (nSPS) is 15.2. The zero-order valence-electron chi connectivity index (χ0n) is 20.8. The standard InChI is InChI=1S/C29H26N6O2/c1-29(2,3)25-16-26(35(33-25)18-8-5-4-6-9-18)32-28(37)22-15-24(36)21-14-19(11-12-20(21)22)34-17-31-23-10-7-13-30-27(23)34/h4-14,16-17,22H,15H2,1-3H3,(H,32,37)/t22-/m1/s1. The number of carbonyl (C=O) groups excluding carboxylic acids is 2. The number of ketones is 1. The maximum atomic E-state index is 13.5. The number of pyridine rings is 1. The molecule has 0 bridgehead atoms. The molecule has 6 rings (SSSR count). The van der Waals surface area contributed by atoms with E-state index in [9.17, 15) is 9.59 Å². The van der Waals surface area contributed by atoms with E-state index in [0.29, 0.717) is 17.0 Å². The monoisotopic (exact) mass is 490 g/mol. The van der Waals surface area contributed by atoms with Crippen molar-refractivity contribution in [2.75, 3.05) is 5.32 Å². The number of amides is 1. The van der Waals surface area contributed by atoms with E-state index < -0.39 is 5.92 Å². The molecule has 0 unspecified atom stereocenters. The van der Waals surface area contributed by atoms with E-state index in [1.165, 1.54) is 0 Å². The number of rotatable bonds is 4. The van der Waals surface area contributed by atoms with Crippen molar-refractivity contribution in [1.29, 1.82) is 0 Å². The van der Waals surface area contributed by atoms with Gasteiger partial charge in [-0.25, -0.2) is 14.6 Å². The van der Waals surface area contributed by atoms with Gasteiger partial charge in [0, 0.05) is 35.3 Å². The largest absolute Gasteiger partial charge is 0.310 e. The van der Waals surface area contributed by atoms with E-state index in [0.717, 1.165) is 28.1 Å². The molecule has 8 nitrogen and oxygen atoms in total. The minimum atomic E-state index is -0.577. The van der Waals surface area contributed by atoms with E-state index >= 15 is 0 Å². The zero-order valence-corrected chi connectivity index (χ0v) is 20.8. The van der Waals surface area contributed by atoms with Gasteiger partial charge < -0.3 is 5.32 Å². The number of imidazole rings is 1. The van der Waals surface area contributed by atoms with Gasteiger partial charge in [-0.1, -0.05) is 45.0 Å². The summed E-state index contributed by atoms with van der Waals surface area (Å²) in [5.41, 5.74) is 5.07. The first kappa shape index (κ1) is 22.8. The van der Waals surface area contributed by atoms with Crippen LogP contribution in [0.4, 0.5) is 5.82 Å². The van der Waals surface area contributed by atoms with Crippen LogP contribution in [0.15, 0.2) is 79.3 Å². The number of nitrogens with zero attached hydrogens (tertiary/aromatic N) is 5. The molecule has 1 N–H and O–H groups in total. The van der Waals surface area contributed by atoms with Crippen LogP contribution in [0.5, 0.6) is 0 Å². The van der Waals surface area contributed by atoms with E-state index in [1.807, 2.05) is 71.3 Å². The third kappa shape index (κ3) is 4.00. The lowest BCUT2D eigenvalue weighted by molar-refractivity contribution is -0.117. The van der Waals surface area contributed by atoms with Crippen molar-refractivity contribution >= 4 is 28.7 Å². The number of aromatic nitrogens is 5. The lowest BCUT2D eigenvalue weighted by Gasteiger charge is -2.14. The number of nitrogens with one attached hydrogen (secondary N) is 1. The van der Waals surface area contributed by atoms with Crippen molar-refractivity contribution in [3.05, 3.63) is 96.1 Å². The van der Waals surface area contributed by atoms with Gasteiger partial charge in [0.1, 0.15) is 17.7 Å². The minimum absolute atomic E-state index is 0.0543. The van der Waals surface area contributed by atoms with E-state index in [1.54, 1.807) is 17.2 Å². The van der Waals surface area contributed by atoms with Crippen LogP contribution in [0.2, 0.25) is 0 Å². The quantitative estimate of drug-likeness (QED) is 0.373. The van der Waals surface area contributed by atoms with Gasteiger partial charge in [-0.3, -0.25) is 14.2 Å². The number of carbonyl (C=O) groups is 2. The summed E-state index contributed by atoms with van der Waals surface area (Å²) in [5.74, 6) is -0.283. The minimum Gasteiger partial charge on any atom is -0.310 e. The van der Waals surface area contributed by atoms with Crippen molar-refractivity contribution in [2.45, 2.75) is 38.5 Å². The molecule has 3 heterocycles. The Labute approximate surface area is 214 Å². The molecule has 1 amide bonds. The number of hydrogen-bond acceptors (Lipinski definition) is 5. The van der Waals surface area contributed by atoms with E-state index in [2.05, 4.69) is 36.1 Å². The van der Waals surface area contributed by atoms with Gasteiger partial charge >= 0.3 is 0 Å². The number of hydrogen-bond donors (Lipinski definition) is 1. The predicted octanol–water partition coefficient (Wildman–Crippen LogP) is 5.21. The topological polar surface area (TPSA) is 94.7 Å². The van der Waals surface area contributed by atoms with Gasteiger partial charge in [0.25, 0.3) is 0 Å². The fourth-order valence-electron chi connectivity index (χ4n) is 4.73. The summed E-state index contributed by atoms with van der Waals surface area (Å²) < 4.78 is 3.60. The van der Waals surface area contributed by atoms with Gasteiger partial charge in [0.15, 0.2) is 11.4 Å². The van der Waals surface area contributed by atoms with Crippen molar-refractivity contribution in [2.24, 2.45) is 0 Å². The van der Waals surface area contributed by atoms with Gasteiger partial charge in [-0.2, -0.15) is 5.10 Å². The van der Waals surface area contributed by atoms with Gasteiger partial charge in [-0.05, 0) is 42.0 Å². The second-order valence-electron chi connectivity index (χ2n) is 10.3. The summed E-state index contributed by atoms with van der Waals surface area (Å²) in [4.78, 5) is 35.3. The Bertz CT molecular complexity index is 1660. The molecule has 37 heavy (non-hydrogen) atoms. The molecule has 1 atom stereocenters. The zero-order chi connectivity index (χ0) is 25.7. The highest BCUT2D eigenvalue weighted by Crippen LogP contribution is 2.36. The van der Waals surface area contributed by atoms with Crippen molar-refractivity contribution < 1.29 is 9.59 Å². The molecule has 8 heteroatoms. The predicted molar refractivity (Wildman–Crippen MR) is 141 cm³/mol.